The van der Waals surface area contributed by atoms with Crippen LogP contribution in [0.1, 0.15) is 32.1 Å². The zero-order valence-corrected chi connectivity index (χ0v) is 12.9. The van der Waals surface area contributed by atoms with E-state index in [1.807, 2.05) is 0 Å². The van der Waals surface area contributed by atoms with E-state index >= 15 is 0 Å². The molecule has 7 heteroatoms. The van der Waals surface area contributed by atoms with E-state index in [9.17, 15) is 18.0 Å². The summed E-state index contributed by atoms with van der Waals surface area (Å²) in [5.74, 6) is 1.19. The number of likely N-dealkylation sites (tertiary alicyclic amines) is 1. The number of rotatable bonds is 8. The fourth-order valence-electron chi connectivity index (χ4n) is 2.88. The monoisotopic (exact) mass is 321 g/mol. The molecule has 2 aliphatic rings. The van der Waals surface area contributed by atoms with Gasteiger partial charge in [0.25, 0.3) is 0 Å². The molecule has 0 aromatic carbocycles. The summed E-state index contributed by atoms with van der Waals surface area (Å²) < 4.78 is 36.9. The van der Waals surface area contributed by atoms with E-state index in [0.717, 1.165) is 31.7 Å². The first-order valence-electron chi connectivity index (χ1n) is 8.19. The van der Waals surface area contributed by atoms with Crippen LogP contribution in [0.2, 0.25) is 0 Å². The Hall–Kier alpha value is -0.820. The Morgan fingerprint density at radius 3 is 2.36 bits per heavy atom. The van der Waals surface area contributed by atoms with Crippen LogP contribution in [0.25, 0.3) is 0 Å². The smallest absolute Gasteiger partial charge is 0.355 e. The van der Waals surface area contributed by atoms with E-state index in [4.69, 9.17) is 0 Å². The van der Waals surface area contributed by atoms with Gasteiger partial charge in [-0.1, -0.05) is 0 Å². The van der Waals surface area contributed by atoms with Crippen LogP contribution in [0.5, 0.6) is 0 Å². The van der Waals surface area contributed by atoms with Crippen molar-refractivity contribution >= 4 is 5.91 Å². The van der Waals surface area contributed by atoms with Crippen molar-refractivity contribution in [1.29, 1.82) is 0 Å². The number of carbonyl (C=O) groups excluding carboxylic acids is 1. The number of amides is 1. The Balaban J connectivity index is 1.48. The minimum absolute atomic E-state index is 0.00940. The minimum atomic E-state index is -4.10. The molecule has 1 saturated carbocycles. The van der Waals surface area contributed by atoms with Crippen molar-refractivity contribution in [2.75, 3.05) is 39.3 Å². The zero-order chi connectivity index (χ0) is 16.0. The minimum Gasteiger partial charge on any atom is -0.355 e. The first-order chi connectivity index (χ1) is 10.4. The number of piperidine rings is 1. The molecule has 0 unspecified atom stereocenters. The molecular formula is C15H26F3N3O. The third kappa shape index (κ3) is 7.45. The SMILES string of the molecule is O=C(CNCC1CC1)NCCC1CCN(CC(F)(F)F)CC1. The highest BCUT2D eigenvalue weighted by Crippen LogP contribution is 2.27. The second kappa shape index (κ2) is 8.15. The zero-order valence-electron chi connectivity index (χ0n) is 12.9. The largest absolute Gasteiger partial charge is 0.401 e. The van der Waals surface area contributed by atoms with Crippen LogP contribution in [-0.4, -0.2) is 56.3 Å². The topological polar surface area (TPSA) is 44.4 Å². The van der Waals surface area contributed by atoms with Crippen LogP contribution in [0.15, 0.2) is 0 Å². The van der Waals surface area contributed by atoms with Gasteiger partial charge in [0, 0.05) is 6.54 Å². The predicted octanol–water partition coefficient (Wildman–Crippen LogP) is 1.77. The van der Waals surface area contributed by atoms with E-state index in [2.05, 4.69) is 10.6 Å². The highest BCUT2D eigenvalue weighted by atomic mass is 19.4. The average Bonchev–Trinajstić information content (AvgIpc) is 3.23. The molecule has 1 saturated heterocycles. The summed E-state index contributed by atoms with van der Waals surface area (Å²) in [5.41, 5.74) is 0. The Morgan fingerprint density at radius 1 is 1.09 bits per heavy atom. The van der Waals surface area contributed by atoms with Crippen LogP contribution >= 0.6 is 0 Å². The molecule has 2 N–H and O–H groups in total. The maximum atomic E-state index is 12.3. The lowest BCUT2D eigenvalue weighted by Gasteiger charge is -2.32. The van der Waals surface area contributed by atoms with E-state index in [-0.39, 0.29) is 5.91 Å². The van der Waals surface area contributed by atoms with Crippen LogP contribution in [0.3, 0.4) is 0 Å². The lowest BCUT2D eigenvalue weighted by molar-refractivity contribution is -0.148. The van der Waals surface area contributed by atoms with Gasteiger partial charge in [-0.05, 0) is 63.6 Å². The van der Waals surface area contributed by atoms with Gasteiger partial charge in [0.2, 0.25) is 5.91 Å². The summed E-state index contributed by atoms with van der Waals surface area (Å²) in [5, 5.41) is 6.02. The second-order valence-corrected chi connectivity index (χ2v) is 6.55. The number of hydrogen-bond acceptors (Lipinski definition) is 3. The second-order valence-electron chi connectivity index (χ2n) is 6.55. The van der Waals surface area contributed by atoms with Gasteiger partial charge in [0.15, 0.2) is 0 Å². The first kappa shape index (κ1) is 17.5. The summed E-state index contributed by atoms with van der Waals surface area (Å²) >= 11 is 0. The van der Waals surface area contributed by atoms with Gasteiger partial charge in [-0.2, -0.15) is 13.2 Å². The van der Waals surface area contributed by atoms with Crippen molar-refractivity contribution in [2.24, 2.45) is 11.8 Å². The Bertz CT molecular complexity index is 350. The Morgan fingerprint density at radius 2 is 1.77 bits per heavy atom. The number of hydrogen-bond donors (Lipinski definition) is 2. The van der Waals surface area contributed by atoms with Gasteiger partial charge >= 0.3 is 6.18 Å². The fraction of sp³-hybridized carbons (Fsp3) is 0.933. The van der Waals surface area contributed by atoms with Crippen molar-refractivity contribution in [3.63, 3.8) is 0 Å². The lowest BCUT2D eigenvalue weighted by atomic mass is 9.93. The summed E-state index contributed by atoms with van der Waals surface area (Å²) in [4.78, 5) is 13.1. The molecule has 1 aliphatic carbocycles. The molecule has 2 fully saturated rings. The standard InChI is InChI=1S/C15H26F3N3O/c16-15(17,18)11-21-7-4-12(5-8-21)3-6-20-14(22)10-19-9-13-1-2-13/h12-13,19H,1-11H2,(H,20,22). The molecule has 2 rings (SSSR count). The molecule has 0 aromatic heterocycles. The molecular weight excluding hydrogens is 295 g/mol. The van der Waals surface area contributed by atoms with Gasteiger partial charge in [0.1, 0.15) is 0 Å². The molecule has 1 heterocycles. The van der Waals surface area contributed by atoms with Crippen molar-refractivity contribution in [3.8, 4) is 0 Å². The van der Waals surface area contributed by atoms with Crippen LogP contribution in [0, 0.1) is 11.8 Å². The third-order valence-corrected chi connectivity index (χ3v) is 4.40. The van der Waals surface area contributed by atoms with Crippen molar-refractivity contribution < 1.29 is 18.0 Å². The van der Waals surface area contributed by atoms with Crippen molar-refractivity contribution in [3.05, 3.63) is 0 Å². The molecule has 4 nitrogen and oxygen atoms in total. The molecule has 1 amide bonds. The highest BCUT2D eigenvalue weighted by Gasteiger charge is 2.32. The van der Waals surface area contributed by atoms with E-state index in [1.54, 1.807) is 0 Å². The number of carbonyl (C=O) groups is 1. The molecule has 0 spiro atoms. The molecule has 0 atom stereocenters. The summed E-state index contributed by atoms with van der Waals surface area (Å²) in [6.07, 6.45) is 0.851. The molecule has 0 radical (unpaired) electrons. The maximum Gasteiger partial charge on any atom is 0.401 e. The van der Waals surface area contributed by atoms with Gasteiger partial charge in [-0.15, -0.1) is 0 Å². The van der Waals surface area contributed by atoms with Gasteiger partial charge < -0.3 is 10.6 Å². The first-order valence-corrected chi connectivity index (χ1v) is 8.19. The molecule has 1 aliphatic heterocycles. The van der Waals surface area contributed by atoms with Crippen molar-refractivity contribution in [1.82, 2.24) is 15.5 Å². The van der Waals surface area contributed by atoms with Crippen LogP contribution in [0.4, 0.5) is 13.2 Å². The summed E-state index contributed by atoms with van der Waals surface area (Å²) in [6.45, 7) is 2.10. The quantitative estimate of drug-likeness (QED) is 0.716. The fourth-order valence-corrected chi connectivity index (χ4v) is 2.88. The van der Waals surface area contributed by atoms with E-state index in [0.29, 0.717) is 32.1 Å². The van der Waals surface area contributed by atoms with Gasteiger partial charge in [-0.3, -0.25) is 9.69 Å². The summed E-state index contributed by atoms with van der Waals surface area (Å²) in [7, 11) is 0. The molecule has 128 valence electrons. The van der Waals surface area contributed by atoms with Gasteiger partial charge in [-0.25, -0.2) is 0 Å². The summed E-state index contributed by atoms with van der Waals surface area (Å²) in [6, 6.07) is 0. The average molecular weight is 321 g/mol. The molecule has 22 heavy (non-hydrogen) atoms. The molecule has 0 aromatic rings. The van der Waals surface area contributed by atoms with E-state index < -0.39 is 12.7 Å². The highest BCUT2D eigenvalue weighted by molar-refractivity contribution is 5.77. The molecule has 0 bridgehead atoms. The van der Waals surface area contributed by atoms with Gasteiger partial charge in [0.05, 0.1) is 13.1 Å². The van der Waals surface area contributed by atoms with Crippen LogP contribution in [-0.2, 0) is 4.79 Å². The van der Waals surface area contributed by atoms with E-state index in [1.165, 1.54) is 17.7 Å². The number of halogens is 3. The normalized spacial score (nSPS) is 21.0. The Kier molecular flexibility index (Phi) is 6.50. The number of alkyl halides is 3. The van der Waals surface area contributed by atoms with Crippen LogP contribution < -0.4 is 10.6 Å². The predicted molar refractivity (Wildman–Crippen MR) is 78.4 cm³/mol. The number of nitrogens with one attached hydrogen (secondary N) is 2. The van der Waals surface area contributed by atoms with Crippen molar-refractivity contribution in [2.45, 2.75) is 38.3 Å². The third-order valence-electron chi connectivity index (χ3n) is 4.40. The lowest BCUT2D eigenvalue weighted by Crippen LogP contribution is -2.41. The Labute approximate surface area is 129 Å². The number of nitrogens with zero attached hydrogens (tertiary/aromatic N) is 1. The maximum absolute atomic E-state index is 12.3.